The lowest BCUT2D eigenvalue weighted by Gasteiger charge is -2.27. The molecule has 2 heterocycles. The molecule has 6 nitrogen and oxygen atoms in total. The maximum Gasteiger partial charge on any atom is 0.270 e. The highest BCUT2D eigenvalue weighted by atomic mass is 16.5. The van der Waals surface area contributed by atoms with Crippen molar-refractivity contribution in [2.24, 2.45) is 5.92 Å². The summed E-state index contributed by atoms with van der Waals surface area (Å²) >= 11 is 0. The Morgan fingerprint density at radius 1 is 1.42 bits per heavy atom. The summed E-state index contributed by atoms with van der Waals surface area (Å²) in [7, 11) is 0. The molecule has 0 radical (unpaired) electrons. The summed E-state index contributed by atoms with van der Waals surface area (Å²) in [6, 6.07) is 1.74. The number of amides is 1. The van der Waals surface area contributed by atoms with Gasteiger partial charge in [-0.25, -0.2) is 9.97 Å². The first kappa shape index (κ1) is 13.7. The van der Waals surface area contributed by atoms with Crippen LogP contribution in [0, 0.1) is 5.92 Å². The third-order valence-electron chi connectivity index (χ3n) is 2.89. The van der Waals surface area contributed by atoms with Crippen molar-refractivity contribution in [1.82, 2.24) is 15.3 Å². The van der Waals surface area contributed by atoms with Gasteiger partial charge in [0.2, 0.25) is 0 Å². The van der Waals surface area contributed by atoms with Gasteiger partial charge in [-0.2, -0.15) is 0 Å². The molecule has 1 saturated heterocycles. The van der Waals surface area contributed by atoms with E-state index in [4.69, 9.17) is 4.74 Å². The summed E-state index contributed by atoms with van der Waals surface area (Å²) in [5, 5.41) is 2.86. The monoisotopic (exact) mass is 264 g/mol. The molecule has 0 unspecified atom stereocenters. The van der Waals surface area contributed by atoms with E-state index in [2.05, 4.69) is 34.0 Å². The molecule has 1 aliphatic heterocycles. The lowest BCUT2D eigenvalue weighted by molar-refractivity contribution is 0.0944. The Morgan fingerprint density at radius 2 is 2.16 bits per heavy atom. The van der Waals surface area contributed by atoms with E-state index in [0.717, 1.165) is 18.9 Å². The summed E-state index contributed by atoms with van der Waals surface area (Å²) in [6.45, 7) is 7.74. The van der Waals surface area contributed by atoms with Crippen LogP contribution in [0.2, 0.25) is 0 Å². The van der Waals surface area contributed by atoms with Crippen LogP contribution in [0.3, 0.4) is 0 Å². The highest BCUT2D eigenvalue weighted by Crippen LogP contribution is 2.12. The van der Waals surface area contributed by atoms with Crippen molar-refractivity contribution in [3.63, 3.8) is 0 Å². The summed E-state index contributed by atoms with van der Waals surface area (Å²) in [5.41, 5.74) is 0.414. The van der Waals surface area contributed by atoms with Gasteiger partial charge in [0.05, 0.1) is 13.2 Å². The van der Waals surface area contributed by atoms with Gasteiger partial charge in [-0.15, -0.1) is 0 Å². The predicted molar refractivity (Wildman–Crippen MR) is 72.2 cm³/mol. The number of hydrogen-bond donors (Lipinski definition) is 1. The van der Waals surface area contributed by atoms with Crippen LogP contribution in [-0.2, 0) is 4.74 Å². The van der Waals surface area contributed by atoms with E-state index >= 15 is 0 Å². The Balaban J connectivity index is 2.03. The molecule has 1 aliphatic rings. The molecule has 1 N–H and O–H groups in total. The third-order valence-corrected chi connectivity index (χ3v) is 2.89. The normalized spacial score (nSPS) is 15.6. The second-order valence-corrected chi connectivity index (χ2v) is 4.96. The van der Waals surface area contributed by atoms with Crippen molar-refractivity contribution in [1.29, 1.82) is 0 Å². The molecule has 2 rings (SSSR count). The standard InChI is InChI=1S/C13H20N4O2/c1-10(2)8-14-13(18)11-7-12(16-9-15-11)17-3-5-19-6-4-17/h7,9-10H,3-6,8H2,1-2H3,(H,14,18). The van der Waals surface area contributed by atoms with Crippen LogP contribution < -0.4 is 10.2 Å². The van der Waals surface area contributed by atoms with Gasteiger partial charge in [-0.3, -0.25) is 4.79 Å². The largest absolute Gasteiger partial charge is 0.378 e. The third kappa shape index (κ3) is 3.89. The minimum absolute atomic E-state index is 0.148. The van der Waals surface area contributed by atoms with Gasteiger partial charge in [-0.05, 0) is 5.92 Å². The number of ether oxygens (including phenoxy) is 1. The van der Waals surface area contributed by atoms with Crippen LogP contribution in [0.4, 0.5) is 5.82 Å². The molecule has 0 saturated carbocycles. The zero-order valence-corrected chi connectivity index (χ0v) is 11.4. The van der Waals surface area contributed by atoms with Gasteiger partial charge in [0.1, 0.15) is 17.8 Å². The molecular weight excluding hydrogens is 244 g/mol. The van der Waals surface area contributed by atoms with Crippen LogP contribution in [0.15, 0.2) is 12.4 Å². The molecule has 19 heavy (non-hydrogen) atoms. The van der Waals surface area contributed by atoms with Gasteiger partial charge >= 0.3 is 0 Å². The quantitative estimate of drug-likeness (QED) is 0.867. The number of nitrogens with zero attached hydrogens (tertiary/aromatic N) is 3. The molecule has 0 atom stereocenters. The van der Waals surface area contributed by atoms with E-state index in [-0.39, 0.29) is 5.91 Å². The van der Waals surface area contributed by atoms with E-state index in [9.17, 15) is 4.79 Å². The van der Waals surface area contributed by atoms with Crippen LogP contribution in [-0.4, -0.2) is 48.7 Å². The van der Waals surface area contributed by atoms with Crippen molar-refractivity contribution in [2.75, 3.05) is 37.7 Å². The average Bonchev–Trinajstić information content (AvgIpc) is 2.46. The number of rotatable bonds is 4. The minimum Gasteiger partial charge on any atom is -0.378 e. The second kappa shape index (κ2) is 6.47. The molecule has 0 aromatic carbocycles. The molecule has 0 bridgehead atoms. The van der Waals surface area contributed by atoms with Gasteiger partial charge < -0.3 is 15.0 Å². The van der Waals surface area contributed by atoms with Crippen LogP contribution >= 0.6 is 0 Å². The first-order valence-corrected chi connectivity index (χ1v) is 6.60. The van der Waals surface area contributed by atoms with E-state index in [1.54, 1.807) is 6.07 Å². The van der Waals surface area contributed by atoms with Gasteiger partial charge in [0.15, 0.2) is 0 Å². The summed E-state index contributed by atoms with van der Waals surface area (Å²) < 4.78 is 5.30. The smallest absolute Gasteiger partial charge is 0.270 e. The lowest BCUT2D eigenvalue weighted by Crippen LogP contribution is -2.37. The SMILES string of the molecule is CC(C)CNC(=O)c1cc(N2CCOCC2)ncn1. The van der Waals surface area contributed by atoms with E-state index in [1.807, 2.05) is 0 Å². The van der Waals surface area contributed by atoms with Crippen LogP contribution in [0.5, 0.6) is 0 Å². The fourth-order valence-corrected chi connectivity index (χ4v) is 1.82. The molecule has 1 fully saturated rings. The highest BCUT2D eigenvalue weighted by molar-refractivity contribution is 5.92. The Hall–Kier alpha value is -1.69. The fraction of sp³-hybridized carbons (Fsp3) is 0.615. The van der Waals surface area contributed by atoms with Gasteiger partial charge in [0.25, 0.3) is 5.91 Å². The topological polar surface area (TPSA) is 67.4 Å². The number of aromatic nitrogens is 2. The molecule has 1 aromatic rings. The minimum atomic E-state index is -0.148. The first-order valence-electron chi connectivity index (χ1n) is 6.60. The van der Waals surface area contributed by atoms with Crippen molar-refractivity contribution in [2.45, 2.75) is 13.8 Å². The predicted octanol–water partition coefficient (Wildman–Crippen LogP) is 0.699. The fourth-order valence-electron chi connectivity index (χ4n) is 1.82. The number of morpholine rings is 1. The maximum absolute atomic E-state index is 11.9. The van der Waals surface area contributed by atoms with Crippen molar-refractivity contribution >= 4 is 11.7 Å². The van der Waals surface area contributed by atoms with E-state index in [0.29, 0.717) is 31.4 Å². The average molecular weight is 264 g/mol. The molecular formula is C13H20N4O2. The van der Waals surface area contributed by atoms with Crippen molar-refractivity contribution in [3.8, 4) is 0 Å². The van der Waals surface area contributed by atoms with Crippen LogP contribution in [0.25, 0.3) is 0 Å². The number of carbonyl (C=O) groups is 1. The molecule has 1 aromatic heterocycles. The van der Waals surface area contributed by atoms with Crippen molar-refractivity contribution < 1.29 is 9.53 Å². The summed E-state index contributed by atoms with van der Waals surface area (Å²) in [5.74, 6) is 1.06. The van der Waals surface area contributed by atoms with Gasteiger partial charge in [-0.1, -0.05) is 13.8 Å². The summed E-state index contributed by atoms with van der Waals surface area (Å²) in [4.78, 5) is 22.3. The molecule has 1 amide bonds. The summed E-state index contributed by atoms with van der Waals surface area (Å²) in [6.07, 6.45) is 1.44. The van der Waals surface area contributed by atoms with Crippen LogP contribution in [0.1, 0.15) is 24.3 Å². The molecule has 104 valence electrons. The van der Waals surface area contributed by atoms with Crippen molar-refractivity contribution in [3.05, 3.63) is 18.1 Å². The number of anilines is 1. The molecule has 6 heteroatoms. The first-order chi connectivity index (χ1) is 9.16. The van der Waals surface area contributed by atoms with E-state index in [1.165, 1.54) is 6.33 Å². The molecule has 0 spiro atoms. The highest BCUT2D eigenvalue weighted by Gasteiger charge is 2.15. The maximum atomic E-state index is 11.9. The van der Waals surface area contributed by atoms with E-state index < -0.39 is 0 Å². The lowest BCUT2D eigenvalue weighted by atomic mass is 10.2. The number of hydrogen-bond acceptors (Lipinski definition) is 5. The Kier molecular flexibility index (Phi) is 4.68. The zero-order valence-electron chi connectivity index (χ0n) is 11.4. The molecule has 0 aliphatic carbocycles. The second-order valence-electron chi connectivity index (χ2n) is 4.96. The van der Waals surface area contributed by atoms with Gasteiger partial charge in [0, 0.05) is 25.7 Å². The number of nitrogens with one attached hydrogen (secondary N) is 1. The zero-order chi connectivity index (χ0) is 13.7. The Bertz CT molecular complexity index is 430. The Labute approximate surface area is 113 Å². The number of carbonyl (C=O) groups excluding carboxylic acids is 1. The Morgan fingerprint density at radius 3 is 2.84 bits per heavy atom.